The summed E-state index contributed by atoms with van der Waals surface area (Å²) in [6, 6.07) is 7.55. The summed E-state index contributed by atoms with van der Waals surface area (Å²) in [7, 11) is 0. The highest BCUT2D eigenvalue weighted by Crippen LogP contribution is 2.04. The Hall–Kier alpha value is -1.97. The summed E-state index contributed by atoms with van der Waals surface area (Å²) < 4.78 is 13.9. The van der Waals surface area contributed by atoms with E-state index in [2.05, 4.69) is 5.10 Å². The smallest absolute Gasteiger partial charge is 0.251 e. The number of hydrogen-bond acceptors (Lipinski definition) is 2. The number of aromatic nitrogens is 2. The van der Waals surface area contributed by atoms with Crippen molar-refractivity contribution in [3.05, 3.63) is 54.1 Å². The molecule has 0 bridgehead atoms. The van der Waals surface area contributed by atoms with Crippen molar-refractivity contribution in [3.8, 4) is 0 Å². The molecule has 1 aromatic carbocycles. The number of nitrogens with zero attached hydrogens (tertiary/aromatic N) is 2. The van der Waals surface area contributed by atoms with E-state index in [4.69, 9.17) is 0 Å². The number of hydrogen-bond donors (Lipinski definition) is 0. The van der Waals surface area contributed by atoms with E-state index in [1.165, 1.54) is 16.8 Å². The summed E-state index contributed by atoms with van der Waals surface area (Å²) in [5.74, 6) is -0.433. The second-order valence-corrected chi connectivity index (χ2v) is 3.15. The lowest BCUT2D eigenvalue weighted by Gasteiger charge is -2.00. The van der Waals surface area contributed by atoms with E-state index in [1.54, 1.807) is 30.6 Å². The van der Waals surface area contributed by atoms with E-state index < -0.39 is 0 Å². The number of rotatable bonds is 2. The molecule has 2 rings (SSSR count). The van der Waals surface area contributed by atoms with Gasteiger partial charge in [0.2, 0.25) is 0 Å². The molecule has 0 aliphatic rings. The van der Waals surface area contributed by atoms with Crippen molar-refractivity contribution in [1.29, 1.82) is 0 Å². The first-order valence-electron chi connectivity index (χ1n) is 4.53. The maximum absolute atomic E-state index is 12.6. The van der Waals surface area contributed by atoms with E-state index in [0.29, 0.717) is 0 Å². The van der Waals surface area contributed by atoms with Gasteiger partial charge < -0.3 is 0 Å². The zero-order chi connectivity index (χ0) is 10.7. The molecule has 0 aliphatic heterocycles. The van der Waals surface area contributed by atoms with E-state index in [9.17, 15) is 9.18 Å². The third-order valence-electron chi connectivity index (χ3n) is 2.03. The Bertz CT molecular complexity index is 448. The van der Waals surface area contributed by atoms with E-state index in [1.807, 2.05) is 0 Å². The van der Waals surface area contributed by atoms with Crippen LogP contribution in [0.3, 0.4) is 0 Å². The van der Waals surface area contributed by atoms with E-state index in [0.717, 1.165) is 5.56 Å². The SMILES string of the molecule is O=C(Cc1ccc(F)cc1)n1cccn1. The lowest BCUT2D eigenvalue weighted by atomic mass is 10.1. The highest BCUT2D eigenvalue weighted by atomic mass is 19.1. The zero-order valence-corrected chi connectivity index (χ0v) is 7.93. The second kappa shape index (κ2) is 4.04. The Morgan fingerprint density at radius 2 is 2.07 bits per heavy atom. The van der Waals surface area contributed by atoms with Crippen LogP contribution >= 0.6 is 0 Å². The standard InChI is InChI=1S/C11H9FN2O/c12-10-4-2-9(3-5-10)8-11(15)14-7-1-6-13-14/h1-7H,8H2. The molecule has 0 unspecified atom stereocenters. The van der Waals surface area contributed by atoms with Gasteiger partial charge in [0, 0.05) is 12.4 Å². The van der Waals surface area contributed by atoms with Crippen LogP contribution in [0.5, 0.6) is 0 Å². The Morgan fingerprint density at radius 3 is 2.67 bits per heavy atom. The quantitative estimate of drug-likeness (QED) is 0.748. The van der Waals surface area contributed by atoms with E-state index >= 15 is 0 Å². The van der Waals surface area contributed by atoms with Crippen molar-refractivity contribution in [2.75, 3.05) is 0 Å². The maximum atomic E-state index is 12.6. The predicted octanol–water partition coefficient (Wildman–Crippen LogP) is 1.91. The number of benzene rings is 1. The van der Waals surface area contributed by atoms with Crippen LogP contribution in [0, 0.1) is 5.82 Å². The lowest BCUT2D eigenvalue weighted by Crippen LogP contribution is -2.13. The van der Waals surface area contributed by atoms with Crippen molar-refractivity contribution >= 4 is 5.91 Å². The van der Waals surface area contributed by atoms with Crippen LogP contribution in [0.4, 0.5) is 4.39 Å². The molecule has 0 aliphatic carbocycles. The molecule has 0 saturated carbocycles. The topological polar surface area (TPSA) is 34.9 Å². The van der Waals surface area contributed by atoms with Gasteiger partial charge in [-0.05, 0) is 23.8 Å². The van der Waals surface area contributed by atoms with Gasteiger partial charge in [-0.1, -0.05) is 12.1 Å². The first-order chi connectivity index (χ1) is 7.25. The van der Waals surface area contributed by atoms with Crippen LogP contribution in [-0.2, 0) is 6.42 Å². The van der Waals surface area contributed by atoms with Crippen LogP contribution in [0.2, 0.25) is 0 Å². The summed E-state index contributed by atoms with van der Waals surface area (Å²) in [6.45, 7) is 0. The van der Waals surface area contributed by atoms with Gasteiger partial charge >= 0.3 is 0 Å². The average molecular weight is 204 g/mol. The molecule has 3 nitrogen and oxygen atoms in total. The first-order valence-corrected chi connectivity index (χ1v) is 4.53. The minimum Gasteiger partial charge on any atom is -0.272 e. The molecule has 0 spiro atoms. The first kappa shape index (κ1) is 9.58. The summed E-state index contributed by atoms with van der Waals surface area (Å²) in [6.07, 6.45) is 3.36. The van der Waals surface area contributed by atoms with Gasteiger partial charge in [0.1, 0.15) is 5.82 Å². The third kappa shape index (κ3) is 2.28. The van der Waals surface area contributed by atoms with Crippen LogP contribution in [-0.4, -0.2) is 15.7 Å². The Labute approximate surface area is 86.2 Å². The van der Waals surface area contributed by atoms with E-state index in [-0.39, 0.29) is 18.1 Å². The number of carbonyl (C=O) groups excluding carboxylic acids is 1. The Kier molecular flexibility index (Phi) is 2.58. The monoisotopic (exact) mass is 204 g/mol. The number of carbonyl (C=O) groups is 1. The van der Waals surface area contributed by atoms with Gasteiger partial charge in [-0.15, -0.1) is 0 Å². The molecule has 15 heavy (non-hydrogen) atoms. The minimum absolute atomic E-state index is 0.133. The molecule has 1 aromatic heterocycles. The minimum atomic E-state index is -0.301. The molecule has 2 aromatic rings. The Morgan fingerprint density at radius 1 is 1.33 bits per heavy atom. The molecule has 1 heterocycles. The second-order valence-electron chi connectivity index (χ2n) is 3.15. The fourth-order valence-corrected chi connectivity index (χ4v) is 1.27. The molecule has 0 N–H and O–H groups in total. The molecule has 76 valence electrons. The molecule has 0 amide bonds. The van der Waals surface area contributed by atoms with Crippen molar-refractivity contribution in [2.45, 2.75) is 6.42 Å². The van der Waals surface area contributed by atoms with Gasteiger partial charge in [-0.3, -0.25) is 4.79 Å². The molecule has 4 heteroatoms. The van der Waals surface area contributed by atoms with Crippen molar-refractivity contribution in [2.24, 2.45) is 0 Å². The number of halogens is 1. The molecular weight excluding hydrogens is 195 g/mol. The van der Waals surface area contributed by atoms with Crippen LogP contribution in [0.15, 0.2) is 42.7 Å². The molecule has 0 atom stereocenters. The van der Waals surface area contributed by atoms with Crippen LogP contribution in [0.25, 0.3) is 0 Å². The van der Waals surface area contributed by atoms with Gasteiger partial charge in [0.05, 0.1) is 6.42 Å². The van der Waals surface area contributed by atoms with Crippen LogP contribution in [0.1, 0.15) is 10.4 Å². The highest BCUT2D eigenvalue weighted by Gasteiger charge is 2.05. The van der Waals surface area contributed by atoms with Gasteiger partial charge in [-0.25, -0.2) is 9.07 Å². The normalized spacial score (nSPS) is 10.2. The van der Waals surface area contributed by atoms with Crippen LogP contribution < -0.4 is 0 Å². The fourth-order valence-electron chi connectivity index (χ4n) is 1.27. The summed E-state index contributed by atoms with van der Waals surface area (Å²) >= 11 is 0. The summed E-state index contributed by atoms with van der Waals surface area (Å²) in [5.41, 5.74) is 0.775. The Balaban J connectivity index is 2.09. The average Bonchev–Trinajstić information content (AvgIpc) is 2.74. The van der Waals surface area contributed by atoms with Gasteiger partial charge in [0.25, 0.3) is 5.91 Å². The zero-order valence-electron chi connectivity index (χ0n) is 7.93. The lowest BCUT2D eigenvalue weighted by molar-refractivity contribution is 0.0898. The van der Waals surface area contributed by atoms with Crippen molar-refractivity contribution < 1.29 is 9.18 Å². The summed E-state index contributed by atoms with van der Waals surface area (Å²) in [4.78, 5) is 11.6. The molecule has 0 saturated heterocycles. The summed E-state index contributed by atoms with van der Waals surface area (Å²) in [5, 5.41) is 3.82. The molecule has 0 radical (unpaired) electrons. The highest BCUT2D eigenvalue weighted by molar-refractivity contribution is 5.80. The van der Waals surface area contributed by atoms with Gasteiger partial charge in [-0.2, -0.15) is 5.10 Å². The van der Waals surface area contributed by atoms with Gasteiger partial charge in [0.15, 0.2) is 0 Å². The van der Waals surface area contributed by atoms with Crippen molar-refractivity contribution in [1.82, 2.24) is 9.78 Å². The predicted molar refractivity (Wildman–Crippen MR) is 53.0 cm³/mol. The third-order valence-corrected chi connectivity index (χ3v) is 2.03. The largest absolute Gasteiger partial charge is 0.272 e. The fraction of sp³-hybridized carbons (Fsp3) is 0.0909. The van der Waals surface area contributed by atoms with Crippen molar-refractivity contribution in [3.63, 3.8) is 0 Å². The maximum Gasteiger partial charge on any atom is 0.251 e. The molecule has 0 fully saturated rings. The molecular formula is C11H9FN2O.